The van der Waals surface area contributed by atoms with Gasteiger partial charge in [0.05, 0.1) is 0 Å². The Hall–Kier alpha value is -1.24. The first-order valence-electron chi connectivity index (χ1n) is 4.55. The van der Waals surface area contributed by atoms with Gasteiger partial charge in [0.25, 0.3) is 6.26 Å². The number of nitrogens with zero attached hydrogens (tertiary/aromatic N) is 1. The first-order chi connectivity index (χ1) is 6.25. The van der Waals surface area contributed by atoms with Crippen LogP contribution in [-0.4, -0.2) is 17.2 Å². The van der Waals surface area contributed by atoms with Crippen molar-refractivity contribution in [3.8, 4) is 6.26 Å². The van der Waals surface area contributed by atoms with Gasteiger partial charge in [-0.1, -0.05) is 6.92 Å². The zero-order chi connectivity index (χ0) is 11.4. The highest BCUT2D eigenvalue weighted by Gasteiger charge is 2.37. The maximum Gasteiger partial charge on any atom is 0.351 e. The highest BCUT2D eigenvalue weighted by Crippen LogP contribution is 2.20. The molecular weight excluding hydrogens is 182 g/mol. The SMILES string of the molecule is CC[C@@](C)(OC#N)C(=O)OC(C)(C)C. The predicted molar refractivity (Wildman–Crippen MR) is 51.2 cm³/mol. The summed E-state index contributed by atoms with van der Waals surface area (Å²) in [5, 5.41) is 8.40. The molecule has 0 spiro atoms. The van der Waals surface area contributed by atoms with Crippen LogP contribution in [0.25, 0.3) is 0 Å². The molecule has 4 heteroatoms. The third-order valence-electron chi connectivity index (χ3n) is 1.78. The molecule has 0 aliphatic heterocycles. The van der Waals surface area contributed by atoms with Gasteiger partial charge in [-0.25, -0.2) is 4.79 Å². The maximum atomic E-state index is 11.6. The van der Waals surface area contributed by atoms with Gasteiger partial charge in [-0.05, 0) is 34.1 Å². The Bertz CT molecular complexity index is 249. The number of carbonyl (C=O) groups is 1. The van der Waals surface area contributed by atoms with Crippen molar-refractivity contribution in [1.29, 1.82) is 5.26 Å². The molecule has 4 nitrogen and oxygen atoms in total. The molecule has 0 aromatic rings. The summed E-state index contributed by atoms with van der Waals surface area (Å²) >= 11 is 0. The minimum Gasteiger partial charge on any atom is -0.457 e. The third kappa shape index (κ3) is 3.65. The average Bonchev–Trinajstić information content (AvgIpc) is 2.01. The van der Waals surface area contributed by atoms with Crippen LogP contribution in [0.4, 0.5) is 0 Å². The van der Waals surface area contributed by atoms with Gasteiger partial charge in [0.1, 0.15) is 5.60 Å². The molecule has 0 saturated carbocycles. The molecule has 0 heterocycles. The van der Waals surface area contributed by atoms with E-state index in [1.54, 1.807) is 34.6 Å². The molecule has 0 aromatic heterocycles. The molecule has 1 atom stereocenters. The van der Waals surface area contributed by atoms with E-state index in [0.29, 0.717) is 6.42 Å². The second-order valence-corrected chi connectivity index (χ2v) is 4.28. The van der Waals surface area contributed by atoms with Crippen LogP contribution in [0.5, 0.6) is 0 Å². The molecule has 0 N–H and O–H groups in total. The summed E-state index contributed by atoms with van der Waals surface area (Å²) in [5.74, 6) is -0.506. The van der Waals surface area contributed by atoms with Crippen molar-refractivity contribution in [2.45, 2.75) is 52.2 Å². The number of rotatable bonds is 3. The Morgan fingerprint density at radius 2 is 1.86 bits per heavy atom. The summed E-state index contributed by atoms with van der Waals surface area (Å²) in [6.45, 7) is 8.62. The van der Waals surface area contributed by atoms with Crippen LogP contribution >= 0.6 is 0 Å². The highest BCUT2D eigenvalue weighted by molar-refractivity contribution is 5.79. The van der Waals surface area contributed by atoms with Crippen LogP contribution in [0.2, 0.25) is 0 Å². The van der Waals surface area contributed by atoms with E-state index in [0.717, 1.165) is 0 Å². The van der Waals surface area contributed by atoms with Gasteiger partial charge in [0.2, 0.25) is 5.60 Å². The Morgan fingerprint density at radius 1 is 1.36 bits per heavy atom. The first kappa shape index (κ1) is 12.8. The molecule has 0 bridgehead atoms. The largest absolute Gasteiger partial charge is 0.457 e. The molecule has 0 aromatic carbocycles. The van der Waals surface area contributed by atoms with Crippen molar-refractivity contribution in [3.05, 3.63) is 0 Å². The van der Waals surface area contributed by atoms with E-state index in [9.17, 15) is 4.79 Å². The summed E-state index contributed by atoms with van der Waals surface area (Å²) in [5.41, 5.74) is -1.73. The van der Waals surface area contributed by atoms with E-state index in [-0.39, 0.29) is 0 Å². The summed E-state index contributed by atoms with van der Waals surface area (Å²) in [4.78, 5) is 11.6. The van der Waals surface area contributed by atoms with Crippen molar-refractivity contribution in [1.82, 2.24) is 0 Å². The van der Waals surface area contributed by atoms with Gasteiger partial charge in [0.15, 0.2) is 0 Å². The van der Waals surface area contributed by atoms with Crippen molar-refractivity contribution in [3.63, 3.8) is 0 Å². The summed E-state index contributed by atoms with van der Waals surface area (Å²) in [7, 11) is 0. The molecule has 0 aliphatic carbocycles. The fourth-order valence-electron chi connectivity index (χ4n) is 0.745. The maximum absolute atomic E-state index is 11.6. The van der Waals surface area contributed by atoms with E-state index >= 15 is 0 Å². The van der Waals surface area contributed by atoms with Crippen LogP contribution in [0.1, 0.15) is 41.0 Å². The second-order valence-electron chi connectivity index (χ2n) is 4.28. The summed E-state index contributed by atoms with van der Waals surface area (Å²) < 4.78 is 9.85. The fraction of sp³-hybridized carbons (Fsp3) is 0.800. The van der Waals surface area contributed by atoms with Crippen LogP contribution in [0.3, 0.4) is 0 Å². The molecule has 80 valence electrons. The lowest BCUT2D eigenvalue weighted by atomic mass is 10.0. The van der Waals surface area contributed by atoms with Gasteiger partial charge in [-0.2, -0.15) is 5.26 Å². The van der Waals surface area contributed by atoms with Crippen molar-refractivity contribution in [2.24, 2.45) is 0 Å². The minimum atomic E-state index is -1.16. The van der Waals surface area contributed by atoms with Crippen molar-refractivity contribution >= 4 is 5.97 Å². The lowest BCUT2D eigenvalue weighted by molar-refractivity contribution is -0.175. The number of hydrogen-bond donors (Lipinski definition) is 0. The predicted octanol–water partition coefficient (Wildman–Crippen LogP) is 1.99. The van der Waals surface area contributed by atoms with E-state index in [4.69, 9.17) is 14.7 Å². The van der Waals surface area contributed by atoms with Gasteiger partial charge >= 0.3 is 5.97 Å². The zero-order valence-corrected chi connectivity index (χ0v) is 9.38. The normalized spacial score (nSPS) is 15.1. The van der Waals surface area contributed by atoms with Crippen LogP contribution in [0, 0.1) is 11.5 Å². The third-order valence-corrected chi connectivity index (χ3v) is 1.78. The highest BCUT2D eigenvalue weighted by atomic mass is 16.6. The Kier molecular flexibility index (Phi) is 3.93. The van der Waals surface area contributed by atoms with Crippen LogP contribution < -0.4 is 0 Å². The monoisotopic (exact) mass is 199 g/mol. The Balaban J connectivity index is 4.56. The smallest absolute Gasteiger partial charge is 0.351 e. The van der Waals surface area contributed by atoms with Gasteiger partial charge in [0, 0.05) is 0 Å². The molecule has 0 radical (unpaired) electrons. The van der Waals surface area contributed by atoms with E-state index in [1.807, 2.05) is 0 Å². The first-order valence-corrected chi connectivity index (χ1v) is 4.55. The molecule has 0 fully saturated rings. The van der Waals surface area contributed by atoms with Gasteiger partial charge in [-0.3, -0.25) is 0 Å². The van der Waals surface area contributed by atoms with Crippen molar-refractivity contribution < 1.29 is 14.3 Å². The second kappa shape index (κ2) is 4.32. The lowest BCUT2D eigenvalue weighted by Gasteiger charge is -2.28. The molecular formula is C10H17NO3. The van der Waals surface area contributed by atoms with Crippen molar-refractivity contribution in [2.75, 3.05) is 0 Å². The van der Waals surface area contributed by atoms with E-state index in [1.165, 1.54) is 6.26 Å². The molecule has 0 rings (SSSR count). The number of carbonyl (C=O) groups excluding carboxylic acids is 1. The molecule has 0 saturated heterocycles. The number of esters is 1. The molecule has 0 aliphatic rings. The average molecular weight is 199 g/mol. The standard InChI is InChI=1S/C10H17NO3/c1-6-10(5,13-7-11)8(12)14-9(2,3)4/h6H2,1-5H3/t10-/m1/s1. The summed E-state index contributed by atoms with van der Waals surface area (Å²) in [6.07, 6.45) is 1.92. The minimum absolute atomic E-state index is 0.398. The Morgan fingerprint density at radius 3 is 2.14 bits per heavy atom. The number of hydrogen-bond acceptors (Lipinski definition) is 4. The Labute approximate surface area is 84.8 Å². The van der Waals surface area contributed by atoms with E-state index < -0.39 is 17.2 Å². The van der Waals surface area contributed by atoms with E-state index in [2.05, 4.69) is 0 Å². The van der Waals surface area contributed by atoms with Gasteiger partial charge < -0.3 is 9.47 Å². The molecule has 14 heavy (non-hydrogen) atoms. The van der Waals surface area contributed by atoms with Crippen LogP contribution in [-0.2, 0) is 14.3 Å². The lowest BCUT2D eigenvalue weighted by Crippen LogP contribution is -2.42. The summed E-state index contributed by atoms with van der Waals surface area (Å²) in [6, 6.07) is 0. The molecule has 0 unspecified atom stereocenters. The number of nitriles is 1. The van der Waals surface area contributed by atoms with Crippen LogP contribution in [0.15, 0.2) is 0 Å². The molecule has 0 amide bonds. The fourth-order valence-corrected chi connectivity index (χ4v) is 0.745. The van der Waals surface area contributed by atoms with Gasteiger partial charge in [-0.15, -0.1) is 0 Å². The zero-order valence-electron chi connectivity index (χ0n) is 9.38. The topological polar surface area (TPSA) is 59.3 Å². The number of ether oxygens (including phenoxy) is 2. The quantitative estimate of drug-likeness (QED) is 0.515.